The number of carbonyl (C=O) groups excluding carboxylic acids is 1. The number of carbonyl (C=O) groups is 1. The van der Waals surface area contributed by atoms with Crippen molar-refractivity contribution >= 4 is 23.2 Å². The van der Waals surface area contributed by atoms with E-state index in [-0.39, 0.29) is 18.1 Å². The van der Waals surface area contributed by atoms with Crippen LogP contribution in [0.3, 0.4) is 0 Å². The third-order valence-electron chi connectivity index (χ3n) is 4.44. The number of rotatable bonds is 5. The minimum absolute atomic E-state index is 0.00146. The van der Waals surface area contributed by atoms with E-state index in [0.29, 0.717) is 0 Å². The highest BCUT2D eigenvalue weighted by atomic mass is 35.5. The van der Waals surface area contributed by atoms with Crippen LogP contribution in [0.5, 0.6) is 5.75 Å². The molecule has 25 heavy (non-hydrogen) atoms. The largest absolute Gasteiger partial charge is 0.489 e. The molecule has 0 unspecified atom stereocenters. The average Bonchev–Trinajstić information content (AvgIpc) is 3.04. The zero-order chi connectivity index (χ0) is 17.8. The van der Waals surface area contributed by atoms with E-state index < -0.39 is 0 Å². The third kappa shape index (κ3) is 4.67. The Kier molecular flexibility index (Phi) is 5.49. The van der Waals surface area contributed by atoms with Gasteiger partial charge in [0.25, 0.3) is 0 Å². The standard InChI is InChI=1S/C20H23ClN2O2/c1-14(22-15(2)24)16-3-9-19(10-4-16)25-20-11-12-23(13-20)18-7-5-17(21)6-8-18/h3-10,14,20H,11-13H2,1-2H3,(H,22,24)/t14-,20+/m0/s1. The van der Waals surface area contributed by atoms with E-state index in [1.807, 2.05) is 55.5 Å². The molecule has 1 heterocycles. The zero-order valence-corrected chi connectivity index (χ0v) is 15.3. The van der Waals surface area contributed by atoms with Crippen LogP contribution in [0.25, 0.3) is 0 Å². The molecule has 1 saturated heterocycles. The van der Waals surface area contributed by atoms with Crippen LogP contribution in [-0.2, 0) is 4.79 Å². The summed E-state index contributed by atoms with van der Waals surface area (Å²) in [6, 6.07) is 15.9. The molecule has 2 aromatic rings. The van der Waals surface area contributed by atoms with Gasteiger partial charge in [-0.1, -0.05) is 23.7 Å². The predicted molar refractivity (Wildman–Crippen MR) is 101 cm³/mol. The van der Waals surface area contributed by atoms with Gasteiger partial charge in [0.1, 0.15) is 11.9 Å². The lowest BCUT2D eigenvalue weighted by molar-refractivity contribution is -0.119. The van der Waals surface area contributed by atoms with Crippen molar-refractivity contribution in [2.75, 3.05) is 18.0 Å². The van der Waals surface area contributed by atoms with E-state index in [4.69, 9.17) is 16.3 Å². The molecule has 1 amide bonds. The Morgan fingerprint density at radius 1 is 1.20 bits per heavy atom. The van der Waals surface area contributed by atoms with Crippen molar-refractivity contribution in [2.24, 2.45) is 0 Å². The fraction of sp³-hybridized carbons (Fsp3) is 0.350. The Hall–Kier alpha value is -2.20. The second kappa shape index (κ2) is 7.79. The van der Waals surface area contributed by atoms with Gasteiger partial charge in [-0.2, -0.15) is 0 Å². The van der Waals surface area contributed by atoms with E-state index in [1.165, 1.54) is 12.6 Å². The van der Waals surface area contributed by atoms with Crippen LogP contribution in [-0.4, -0.2) is 25.1 Å². The number of nitrogens with zero attached hydrogens (tertiary/aromatic N) is 1. The lowest BCUT2D eigenvalue weighted by Crippen LogP contribution is -2.24. The maximum atomic E-state index is 11.1. The molecule has 1 fully saturated rings. The second-order valence-corrected chi connectivity index (χ2v) is 6.88. The normalized spacial score (nSPS) is 18.0. The Labute approximate surface area is 153 Å². The van der Waals surface area contributed by atoms with Gasteiger partial charge in [0.15, 0.2) is 0 Å². The Balaban J connectivity index is 1.56. The zero-order valence-electron chi connectivity index (χ0n) is 14.5. The average molecular weight is 359 g/mol. The van der Waals surface area contributed by atoms with E-state index in [2.05, 4.69) is 10.2 Å². The second-order valence-electron chi connectivity index (χ2n) is 6.44. The Morgan fingerprint density at radius 2 is 1.88 bits per heavy atom. The molecule has 2 aromatic carbocycles. The quantitative estimate of drug-likeness (QED) is 0.871. The SMILES string of the molecule is CC(=O)N[C@@H](C)c1ccc(O[C@@H]2CCN(c3ccc(Cl)cc3)C2)cc1. The molecule has 1 aliphatic heterocycles. The van der Waals surface area contributed by atoms with Gasteiger partial charge in [0.05, 0.1) is 12.6 Å². The first-order valence-corrected chi connectivity index (χ1v) is 8.93. The summed E-state index contributed by atoms with van der Waals surface area (Å²) in [5.74, 6) is 0.836. The van der Waals surface area contributed by atoms with Crippen molar-refractivity contribution in [2.45, 2.75) is 32.4 Å². The molecule has 0 saturated carbocycles. The number of amides is 1. The molecule has 4 nitrogen and oxygen atoms in total. The van der Waals surface area contributed by atoms with Crippen LogP contribution in [0.15, 0.2) is 48.5 Å². The molecular weight excluding hydrogens is 336 g/mol. The molecule has 0 spiro atoms. The van der Waals surface area contributed by atoms with E-state index in [0.717, 1.165) is 35.8 Å². The maximum absolute atomic E-state index is 11.1. The highest BCUT2D eigenvalue weighted by Gasteiger charge is 2.24. The summed E-state index contributed by atoms with van der Waals surface area (Å²) < 4.78 is 6.11. The lowest BCUT2D eigenvalue weighted by atomic mass is 10.1. The van der Waals surface area contributed by atoms with Gasteiger partial charge in [0.2, 0.25) is 5.91 Å². The van der Waals surface area contributed by atoms with Crippen molar-refractivity contribution in [1.29, 1.82) is 0 Å². The Morgan fingerprint density at radius 3 is 2.52 bits per heavy atom. The number of halogens is 1. The van der Waals surface area contributed by atoms with Crippen molar-refractivity contribution in [3.8, 4) is 5.75 Å². The van der Waals surface area contributed by atoms with Crippen LogP contribution in [0.1, 0.15) is 31.9 Å². The number of anilines is 1. The van der Waals surface area contributed by atoms with Crippen molar-refractivity contribution in [3.63, 3.8) is 0 Å². The Bertz CT molecular complexity index is 715. The summed E-state index contributed by atoms with van der Waals surface area (Å²) in [6.45, 7) is 5.34. The van der Waals surface area contributed by atoms with E-state index in [1.54, 1.807) is 0 Å². The number of benzene rings is 2. The minimum atomic E-state index is -0.0268. The monoisotopic (exact) mass is 358 g/mol. The highest BCUT2D eigenvalue weighted by molar-refractivity contribution is 6.30. The molecule has 132 valence electrons. The van der Waals surface area contributed by atoms with Crippen molar-refractivity contribution < 1.29 is 9.53 Å². The smallest absolute Gasteiger partial charge is 0.217 e. The fourth-order valence-electron chi connectivity index (χ4n) is 3.13. The predicted octanol–water partition coefficient (Wildman–Crippen LogP) is 4.19. The van der Waals surface area contributed by atoms with Gasteiger partial charge in [0, 0.05) is 30.6 Å². The first kappa shape index (κ1) is 17.6. The number of ether oxygens (including phenoxy) is 1. The summed E-state index contributed by atoms with van der Waals surface area (Å²) in [7, 11) is 0. The van der Waals surface area contributed by atoms with Crippen molar-refractivity contribution in [1.82, 2.24) is 5.32 Å². The van der Waals surface area contributed by atoms with E-state index >= 15 is 0 Å². The van der Waals surface area contributed by atoms with Gasteiger partial charge in [-0.25, -0.2) is 0 Å². The molecule has 0 aromatic heterocycles. The van der Waals surface area contributed by atoms with Crippen LogP contribution >= 0.6 is 11.6 Å². The number of hydrogen-bond donors (Lipinski definition) is 1. The molecule has 0 bridgehead atoms. The maximum Gasteiger partial charge on any atom is 0.217 e. The molecule has 3 rings (SSSR count). The summed E-state index contributed by atoms with van der Waals surface area (Å²) >= 11 is 5.95. The first-order valence-electron chi connectivity index (χ1n) is 8.55. The van der Waals surface area contributed by atoms with Gasteiger partial charge in [-0.3, -0.25) is 4.79 Å². The summed E-state index contributed by atoms with van der Waals surface area (Å²) in [4.78, 5) is 13.5. The van der Waals surface area contributed by atoms with Crippen LogP contribution in [0.2, 0.25) is 5.02 Å². The van der Waals surface area contributed by atoms with E-state index in [9.17, 15) is 4.79 Å². The lowest BCUT2D eigenvalue weighted by Gasteiger charge is -2.19. The summed E-state index contributed by atoms with van der Waals surface area (Å²) in [5, 5.41) is 3.64. The van der Waals surface area contributed by atoms with Gasteiger partial charge < -0.3 is 15.0 Å². The first-order chi connectivity index (χ1) is 12.0. The molecule has 0 aliphatic carbocycles. The van der Waals surface area contributed by atoms with Crippen molar-refractivity contribution in [3.05, 3.63) is 59.1 Å². The number of nitrogens with one attached hydrogen (secondary N) is 1. The molecular formula is C20H23ClN2O2. The highest BCUT2D eigenvalue weighted by Crippen LogP contribution is 2.25. The summed E-state index contributed by atoms with van der Waals surface area (Å²) in [5.41, 5.74) is 2.24. The topological polar surface area (TPSA) is 41.6 Å². The van der Waals surface area contributed by atoms with Crippen LogP contribution in [0.4, 0.5) is 5.69 Å². The van der Waals surface area contributed by atoms with Gasteiger partial charge >= 0.3 is 0 Å². The molecule has 5 heteroatoms. The fourth-order valence-corrected chi connectivity index (χ4v) is 3.25. The third-order valence-corrected chi connectivity index (χ3v) is 4.69. The van der Waals surface area contributed by atoms with Gasteiger partial charge in [-0.05, 0) is 48.9 Å². The minimum Gasteiger partial charge on any atom is -0.489 e. The molecule has 1 N–H and O–H groups in total. The van der Waals surface area contributed by atoms with Gasteiger partial charge in [-0.15, -0.1) is 0 Å². The van der Waals surface area contributed by atoms with Crippen LogP contribution in [0, 0.1) is 0 Å². The molecule has 2 atom stereocenters. The molecule has 0 radical (unpaired) electrons. The van der Waals surface area contributed by atoms with Crippen LogP contribution < -0.4 is 15.0 Å². The number of hydrogen-bond acceptors (Lipinski definition) is 3. The summed E-state index contributed by atoms with van der Waals surface area (Å²) in [6.07, 6.45) is 1.17. The molecule has 1 aliphatic rings.